The van der Waals surface area contributed by atoms with Crippen molar-refractivity contribution in [2.24, 2.45) is 0 Å². The van der Waals surface area contributed by atoms with Crippen molar-refractivity contribution in [3.05, 3.63) is 46.5 Å². The minimum Gasteiger partial charge on any atom is -0.389 e. The first-order valence-corrected chi connectivity index (χ1v) is 5.83. The zero-order chi connectivity index (χ0) is 13.7. The number of benzene rings is 1. The summed E-state index contributed by atoms with van der Waals surface area (Å²) in [6.07, 6.45) is 0.989. The van der Waals surface area contributed by atoms with Crippen LogP contribution in [0.2, 0.25) is 0 Å². The fourth-order valence-corrected chi connectivity index (χ4v) is 1.77. The summed E-state index contributed by atoms with van der Waals surface area (Å²) < 4.78 is 0. The van der Waals surface area contributed by atoms with Crippen LogP contribution in [0, 0.1) is 10.1 Å². The second-order valence-electron chi connectivity index (χ2n) is 4.01. The highest BCUT2D eigenvalue weighted by molar-refractivity contribution is 5.64. The maximum Gasteiger partial charge on any atom is 0.292 e. The molecule has 0 aromatic heterocycles. The number of rotatable bonds is 6. The Morgan fingerprint density at radius 2 is 2.28 bits per heavy atom. The number of nitro benzene ring substituents is 1. The molecule has 5 nitrogen and oxygen atoms in total. The van der Waals surface area contributed by atoms with Crippen molar-refractivity contribution in [3.63, 3.8) is 0 Å². The van der Waals surface area contributed by atoms with E-state index in [4.69, 9.17) is 0 Å². The fraction of sp³-hybridized carbons (Fsp3) is 0.385. The number of likely N-dealkylation sites (N-methyl/N-ethyl adjacent to an activating group) is 1. The first kappa shape index (κ1) is 14.2. The zero-order valence-corrected chi connectivity index (χ0v) is 10.7. The van der Waals surface area contributed by atoms with Crippen LogP contribution in [0.25, 0.3) is 0 Å². The van der Waals surface area contributed by atoms with Gasteiger partial charge in [0.2, 0.25) is 0 Å². The second kappa shape index (κ2) is 6.16. The molecular weight excluding hydrogens is 232 g/mol. The van der Waals surface area contributed by atoms with E-state index >= 15 is 0 Å². The van der Waals surface area contributed by atoms with Gasteiger partial charge in [0.05, 0.1) is 11.0 Å². The third-order valence-corrected chi connectivity index (χ3v) is 2.75. The number of nitrogens with zero attached hydrogens (tertiary/aromatic N) is 2. The molecule has 0 aliphatic rings. The summed E-state index contributed by atoms with van der Waals surface area (Å²) in [4.78, 5) is 12.5. The van der Waals surface area contributed by atoms with Crippen molar-refractivity contribution < 1.29 is 10.0 Å². The normalized spacial score (nSPS) is 11.9. The Morgan fingerprint density at radius 1 is 1.61 bits per heavy atom. The number of hydrogen-bond donors (Lipinski definition) is 1. The van der Waals surface area contributed by atoms with E-state index in [9.17, 15) is 15.2 Å². The molecule has 1 N–H and O–H groups in total. The molecule has 18 heavy (non-hydrogen) atoms. The molecule has 0 amide bonds. The van der Waals surface area contributed by atoms with Gasteiger partial charge in [-0.15, -0.1) is 6.58 Å². The molecule has 5 heteroatoms. The number of anilines is 1. The van der Waals surface area contributed by atoms with Gasteiger partial charge >= 0.3 is 0 Å². The van der Waals surface area contributed by atoms with Gasteiger partial charge in [0.15, 0.2) is 0 Å². The van der Waals surface area contributed by atoms with Gasteiger partial charge in [-0.2, -0.15) is 0 Å². The van der Waals surface area contributed by atoms with Crippen LogP contribution in [0.5, 0.6) is 0 Å². The molecule has 0 aliphatic heterocycles. The first-order chi connectivity index (χ1) is 8.51. The molecule has 0 fully saturated rings. The van der Waals surface area contributed by atoms with E-state index in [0.717, 1.165) is 0 Å². The predicted octanol–water partition coefficient (Wildman–Crippen LogP) is 2.66. The molecule has 0 radical (unpaired) electrons. The van der Waals surface area contributed by atoms with Crippen LogP contribution in [0.1, 0.15) is 25.5 Å². The van der Waals surface area contributed by atoms with E-state index in [1.54, 1.807) is 25.1 Å². The Bertz CT molecular complexity index is 444. The van der Waals surface area contributed by atoms with Gasteiger partial charge in [-0.1, -0.05) is 12.1 Å². The summed E-state index contributed by atoms with van der Waals surface area (Å²) in [5.41, 5.74) is 1.10. The summed E-state index contributed by atoms with van der Waals surface area (Å²) in [5.74, 6) is 0. The highest BCUT2D eigenvalue weighted by atomic mass is 16.6. The molecule has 0 spiro atoms. The van der Waals surface area contributed by atoms with Crippen molar-refractivity contribution in [3.8, 4) is 0 Å². The van der Waals surface area contributed by atoms with Gasteiger partial charge in [0.25, 0.3) is 5.69 Å². The van der Waals surface area contributed by atoms with Gasteiger partial charge in [-0.05, 0) is 25.5 Å². The summed E-state index contributed by atoms with van der Waals surface area (Å²) >= 11 is 0. The number of aliphatic hydroxyl groups excluding tert-OH is 1. The molecule has 98 valence electrons. The molecule has 0 saturated heterocycles. The summed E-state index contributed by atoms with van der Waals surface area (Å²) in [7, 11) is 0. The van der Waals surface area contributed by atoms with Gasteiger partial charge in [0.1, 0.15) is 5.69 Å². The maximum absolute atomic E-state index is 11.1. The molecule has 0 saturated carbocycles. The molecule has 0 unspecified atom stereocenters. The number of hydrogen-bond acceptors (Lipinski definition) is 4. The van der Waals surface area contributed by atoms with Crippen LogP contribution in [-0.4, -0.2) is 23.1 Å². The lowest BCUT2D eigenvalue weighted by Gasteiger charge is -2.21. The van der Waals surface area contributed by atoms with E-state index in [0.29, 0.717) is 24.3 Å². The third-order valence-electron chi connectivity index (χ3n) is 2.75. The average Bonchev–Trinajstić information content (AvgIpc) is 2.35. The Morgan fingerprint density at radius 3 is 2.72 bits per heavy atom. The van der Waals surface area contributed by atoms with Crippen molar-refractivity contribution in [2.75, 3.05) is 18.0 Å². The predicted molar refractivity (Wildman–Crippen MR) is 71.8 cm³/mol. The van der Waals surface area contributed by atoms with Crippen LogP contribution in [-0.2, 0) is 0 Å². The van der Waals surface area contributed by atoms with Crippen LogP contribution in [0.3, 0.4) is 0 Å². The highest BCUT2D eigenvalue weighted by Crippen LogP contribution is 2.31. The van der Waals surface area contributed by atoms with Gasteiger partial charge in [-0.25, -0.2) is 0 Å². The van der Waals surface area contributed by atoms with Crippen LogP contribution >= 0.6 is 0 Å². The Hall–Kier alpha value is -1.88. The lowest BCUT2D eigenvalue weighted by Crippen LogP contribution is -2.23. The van der Waals surface area contributed by atoms with E-state index in [1.807, 2.05) is 11.8 Å². The largest absolute Gasteiger partial charge is 0.389 e. The zero-order valence-electron chi connectivity index (χ0n) is 10.7. The van der Waals surface area contributed by atoms with Crippen LogP contribution in [0.4, 0.5) is 11.4 Å². The van der Waals surface area contributed by atoms with Crippen molar-refractivity contribution in [2.45, 2.75) is 20.0 Å². The van der Waals surface area contributed by atoms with Crippen molar-refractivity contribution >= 4 is 11.4 Å². The van der Waals surface area contributed by atoms with Gasteiger partial charge in [-0.3, -0.25) is 10.1 Å². The first-order valence-electron chi connectivity index (χ1n) is 5.83. The molecule has 1 rings (SSSR count). The molecule has 1 atom stereocenters. The summed E-state index contributed by atoms with van der Waals surface area (Å²) in [6, 6.07) is 4.80. The number of nitro groups is 1. The standard InChI is InChI=1S/C13H18N2O3/c1-4-8-14(5-2)12-7-6-11(10(3)16)9-13(12)15(17)18/h4,6-7,9-10,16H,1,5,8H2,2-3H3/t10-/m0/s1. The Kier molecular flexibility index (Phi) is 4.85. The molecule has 0 heterocycles. The topological polar surface area (TPSA) is 66.6 Å². The van der Waals surface area contributed by atoms with E-state index in [-0.39, 0.29) is 5.69 Å². The smallest absolute Gasteiger partial charge is 0.292 e. The van der Waals surface area contributed by atoms with Gasteiger partial charge in [0, 0.05) is 19.2 Å². The maximum atomic E-state index is 11.1. The third kappa shape index (κ3) is 3.07. The molecule has 1 aromatic carbocycles. The molecular formula is C13H18N2O3. The van der Waals surface area contributed by atoms with Crippen molar-refractivity contribution in [1.82, 2.24) is 0 Å². The summed E-state index contributed by atoms with van der Waals surface area (Å²) in [5, 5.41) is 20.6. The van der Waals surface area contributed by atoms with E-state index < -0.39 is 11.0 Å². The van der Waals surface area contributed by atoms with Gasteiger partial charge < -0.3 is 10.0 Å². The van der Waals surface area contributed by atoms with Crippen LogP contribution < -0.4 is 4.90 Å². The van der Waals surface area contributed by atoms with E-state index in [1.165, 1.54) is 6.07 Å². The lowest BCUT2D eigenvalue weighted by atomic mass is 10.1. The highest BCUT2D eigenvalue weighted by Gasteiger charge is 2.19. The fourth-order valence-electron chi connectivity index (χ4n) is 1.77. The SMILES string of the molecule is C=CCN(CC)c1ccc([C@H](C)O)cc1[N+](=O)[O-]. The quantitative estimate of drug-likeness (QED) is 0.479. The van der Waals surface area contributed by atoms with E-state index in [2.05, 4.69) is 6.58 Å². The Labute approximate surface area is 107 Å². The van der Waals surface area contributed by atoms with Crippen molar-refractivity contribution in [1.29, 1.82) is 0 Å². The monoisotopic (exact) mass is 250 g/mol. The molecule has 1 aromatic rings. The average molecular weight is 250 g/mol. The number of aliphatic hydroxyl groups is 1. The second-order valence-corrected chi connectivity index (χ2v) is 4.01. The lowest BCUT2D eigenvalue weighted by molar-refractivity contribution is -0.384. The molecule has 0 aliphatic carbocycles. The Balaban J connectivity index is 3.25. The minimum absolute atomic E-state index is 0.0112. The summed E-state index contributed by atoms with van der Waals surface area (Å²) in [6.45, 7) is 8.35. The molecule has 0 bridgehead atoms. The minimum atomic E-state index is -0.716. The van der Waals surface area contributed by atoms with Crippen LogP contribution in [0.15, 0.2) is 30.9 Å².